The third-order valence-corrected chi connectivity index (χ3v) is 2.34. The first-order chi connectivity index (χ1) is 8.59. The van der Waals surface area contributed by atoms with Gasteiger partial charge in [0.15, 0.2) is 11.6 Å². The summed E-state index contributed by atoms with van der Waals surface area (Å²) in [5.74, 6) is -4.10. The highest BCUT2D eigenvalue weighted by Gasteiger charge is 2.17. The maximum atomic E-state index is 13.5. The molecule has 0 fully saturated rings. The van der Waals surface area contributed by atoms with Gasteiger partial charge in [0.1, 0.15) is 0 Å². The zero-order chi connectivity index (χ0) is 13.1. The number of carboxylic acid groups (broad SMARTS) is 1. The fraction of sp³-hybridized carbons (Fsp3) is 0.0909. The van der Waals surface area contributed by atoms with Gasteiger partial charge >= 0.3 is 5.97 Å². The summed E-state index contributed by atoms with van der Waals surface area (Å²) in [4.78, 5) is 10.6. The number of carbonyl (C=O) groups is 1. The van der Waals surface area contributed by atoms with Crippen LogP contribution in [0.5, 0.6) is 0 Å². The van der Waals surface area contributed by atoms with E-state index in [2.05, 4.69) is 15.5 Å². The number of nitrogens with zero attached hydrogens (tertiary/aromatic N) is 1. The highest BCUT2D eigenvalue weighted by atomic mass is 19.2. The van der Waals surface area contributed by atoms with Crippen molar-refractivity contribution in [3.05, 3.63) is 47.3 Å². The van der Waals surface area contributed by atoms with Crippen molar-refractivity contribution in [2.24, 2.45) is 0 Å². The van der Waals surface area contributed by atoms with Gasteiger partial charge in [0.2, 0.25) is 0 Å². The third-order valence-electron chi connectivity index (χ3n) is 2.34. The topological polar surface area (TPSA) is 78.0 Å². The lowest BCUT2D eigenvalue weighted by Crippen LogP contribution is -2.07. The van der Waals surface area contributed by atoms with Crippen molar-refractivity contribution in [3.8, 4) is 0 Å². The van der Waals surface area contributed by atoms with Crippen LogP contribution in [0.4, 0.5) is 14.5 Å². The Hall–Kier alpha value is -2.44. The molecule has 0 atom stereocenters. The summed E-state index contributed by atoms with van der Waals surface area (Å²) >= 11 is 0. The van der Waals surface area contributed by atoms with E-state index in [4.69, 9.17) is 5.11 Å². The predicted octanol–water partition coefficient (Wildman–Crippen LogP) is 2.00. The Morgan fingerprint density at radius 3 is 2.72 bits per heavy atom. The molecule has 94 valence electrons. The average Bonchev–Trinajstić information content (AvgIpc) is 2.83. The molecule has 0 saturated carbocycles. The molecule has 1 aromatic carbocycles. The lowest BCUT2D eigenvalue weighted by atomic mass is 10.2. The Bertz CT molecular complexity index is 570. The number of H-pyrrole nitrogens is 1. The minimum absolute atomic E-state index is 0.105. The van der Waals surface area contributed by atoms with Crippen LogP contribution in [0.3, 0.4) is 0 Å². The average molecular weight is 253 g/mol. The molecular weight excluding hydrogens is 244 g/mol. The van der Waals surface area contributed by atoms with Crippen LogP contribution in [0, 0.1) is 11.6 Å². The molecule has 0 aliphatic carbocycles. The SMILES string of the molecule is O=C(O)c1ccc(NCc2ccn[nH]2)c(F)c1F. The lowest BCUT2D eigenvalue weighted by Gasteiger charge is -2.08. The maximum Gasteiger partial charge on any atom is 0.338 e. The molecule has 3 N–H and O–H groups in total. The first-order valence-corrected chi connectivity index (χ1v) is 5.03. The number of benzene rings is 1. The van der Waals surface area contributed by atoms with Gasteiger partial charge in [-0.2, -0.15) is 5.10 Å². The van der Waals surface area contributed by atoms with Gasteiger partial charge in [-0.15, -0.1) is 0 Å². The minimum atomic E-state index is -1.51. The minimum Gasteiger partial charge on any atom is -0.478 e. The second-order valence-corrected chi connectivity index (χ2v) is 3.53. The molecule has 0 spiro atoms. The van der Waals surface area contributed by atoms with E-state index < -0.39 is 23.2 Å². The molecule has 7 heteroatoms. The van der Waals surface area contributed by atoms with Gasteiger partial charge in [0, 0.05) is 6.20 Å². The Balaban J connectivity index is 2.19. The van der Waals surface area contributed by atoms with Crippen LogP contribution in [0.25, 0.3) is 0 Å². The van der Waals surface area contributed by atoms with Crippen molar-refractivity contribution >= 4 is 11.7 Å². The molecule has 0 bridgehead atoms. The first kappa shape index (κ1) is 12.0. The smallest absolute Gasteiger partial charge is 0.338 e. The van der Waals surface area contributed by atoms with E-state index in [1.807, 2.05) is 0 Å². The largest absolute Gasteiger partial charge is 0.478 e. The van der Waals surface area contributed by atoms with E-state index in [1.54, 1.807) is 6.07 Å². The summed E-state index contributed by atoms with van der Waals surface area (Å²) in [5.41, 5.74) is -0.108. The summed E-state index contributed by atoms with van der Waals surface area (Å²) in [6, 6.07) is 3.86. The fourth-order valence-electron chi connectivity index (χ4n) is 1.42. The summed E-state index contributed by atoms with van der Waals surface area (Å²) < 4.78 is 26.9. The summed E-state index contributed by atoms with van der Waals surface area (Å²) in [7, 11) is 0. The molecule has 0 amide bonds. The molecule has 2 rings (SSSR count). The standard InChI is InChI=1S/C11H9F2N3O2/c12-9-7(11(17)18)1-2-8(10(9)13)14-5-6-3-4-15-16-6/h1-4,14H,5H2,(H,15,16)(H,17,18). The normalized spacial score (nSPS) is 10.3. The van der Waals surface area contributed by atoms with E-state index >= 15 is 0 Å². The Morgan fingerprint density at radius 2 is 2.11 bits per heavy atom. The van der Waals surface area contributed by atoms with Gasteiger partial charge in [-0.1, -0.05) is 0 Å². The van der Waals surface area contributed by atoms with Crippen LogP contribution < -0.4 is 5.32 Å². The van der Waals surface area contributed by atoms with Crippen LogP contribution in [-0.2, 0) is 6.54 Å². The Kier molecular flexibility index (Phi) is 3.22. The summed E-state index contributed by atoms with van der Waals surface area (Å²) in [6.07, 6.45) is 1.53. The first-order valence-electron chi connectivity index (χ1n) is 5.03. The number of aromatic carboxylic acids is 1. The van der Waals surface area contributed by atoms with E-state index in [-0.39, 0.29) is 12.2 Å². The second-order valence-electron chi connectivity index (χ2n) is 3.53. The number of hydrogen-bond acceptors (Lipinski definition) is 3. The van der Waals surface area contributed by atoms with Crippen molar-refractivity contribution in [2.45, 2.75) is 6.54 Å². The predicted molar refractivity (Wildman–Crippen MR) is 59.2 cm³/mol. The molecule has 0 aliphatic rings. The number of hydrogen-bond donors (Lipinski definition) is 3. The van der Waals surface area contributed by atoms with Gasteiger partial charge in [0.05, 0.1) is 23.5 Å². The molecule has 0 radical (unpaired) electrons. The van der Waals surface area contributed by atoms with Crippen molar-refractivity contribution < 1.29 is 18.7 Å². The third kappa shape index (κ3) is 2.29. The number of nitrogens with one attached hydrogen (secondary N) is 2. The highest BCUT2D eigenvalue weighted by Crippen LogP contribution is 2.21. The molecule has 0 unspecified atom stereocenters. The van der Waals surface area contributed by atoms with Crippen molar-refractivity contribution in [3.63, 3.8) is 0 Å². The molecule has 1 aromatic heterocycles. The van der Waals surface area contributed by atoms with Gasteiger partial charge in [-0.3, -0.25) is 5.10 Å². The van der Waals surface area contributed by atoms with Crippen LogP contribution in [0.15, 0.2) is 24.4 Å². The van der Waals surface area contributed by atoms with Gasteiger partial charge in [-0.25, -0.2) is 13.6 Å². The second kappa shape index (κ2) is 4.82. The van der Waals surface area contributed by atoms with Gasteiger partial charge in [-0.05, 0) is 18.2 Å². The monoisotopic (exact) mass is 253 g/mol. The fourth-order valence-corrected chi connectivity index (χ4v) is 1.42. The molecule has 18 heavy (non-hydrogen) atoms. The van der Waals surface area contributed by atoms with Crippen LogP contribution >= 0.6 is 0 Å². The molecule has 0 saturated heterocycles. The Labute approximate surface area is 100 Å². The molecule has 5 nitrogen and oxygen atoms in total. The highest BCUT2D eigenvalue weighted by molar-refractivity contribution is 5.88. The zero-order valence-electron chi connectivity index (χ0n) is 9.08. The van der Waals surface area contributed by atoms with Crippen molar-refractivity contribution in [1.82, 2.24) is 10.2 Å². The summed E-state index contributed by atoms with van der Waals surface area (Å²) in [6.45, 7) is 0.225. The number of rotatable bonds is 4. The van der Waals surface area contributed by atoms with Gasteiger partial charge in [0.25, 0.3) is 0 Å². The molecular formula is C11H9F2N3O2. The van der Waals surface area contributed by atoms with E-state index in [0.717, 1.165) is 6.07 Å². The number of carboxylic acids is 1. The summed E-state index contributed by atoms with van der Waals surface area (Å²) in [5, 5.41) is 17.6. The number of aromatic amines is 1. The lowest BCUT2D eigenvalue weighted by molar-refractivity contribution is 0.0690. The van der Waals surface area contributed by atoms with Crippen molar-refractivity contribution in [2.75, 3.05) is 5.32 Å². The quantitative estimate of drug-likeness (QED) is 0.778. The molecule has 0 aliphatic heterocycles. The van der Waals surface area contributed by atoms with E-state index in [1.165, 1.54) is 12.3 Å². The Morgan fingerprint density at radius 1 is 1.33 bits per heavy atom. The van der Waals surface area contributed by atoms with Crippen LogP contribution in [0.2, 0.25) is 0 Å². The number of aromatic nitrogens is 2. The van der Waals surface area contributed by atoms with E-state index in [0.29, 0.717) is 5.69 Å². The van der Waals surface area contributed by atoms with E-state index in [9.17, 15) is 13.6 Å². The van der Waals surface area contributed by atoms with Crippen molar-refractivity contribution in [1.29, 1.82) is 0 Å². The van der Waals surface area contributed by atoms with Gasteiger partial charge < -0.3 is 10.4 Å². The number of halogens is 2. The number of anilines is 1. The molecule has 1 heterocycles. The molecule has 2 aromatic rings. The zero-order valence-corrected chi connectivity index (χ0v) is 9.08. The maximum absolute atomic E-state index is 13.5. The van der Waals surface area contributed by atoms with Crippen LogP contribution in [0.1, 0.15) is 16.1 Å². The van der Waals surface area contributed by atoms with Crippen LogP contribution in [-0.4, -0.2) is 21.3 Å².